The Bertz CT molecular complexity index is 889. The normalized spacial score (nSPS) is 9.97. The predicted molar refractivity (Wildman–Crippen MR) is 164 cm³/mol. The lowest BCUT2D eigenvalue weighted by Gasteiger charge is -2.33. The van der Waals surface area contributed by atoms with Gasteiger partial charge in [-0.05, 0) is 32.4 Å². The van der Waals surface area contributed by atoms with Crippen LogP contribution in [0.5, 0.6) is 5.75 Å². The van der Waals surface area contributed by atoms with Gasteiger partial charge in [-0.25, -0.2) is 19.2 Å². The first-order chi connectivity index (χ1) is 19.4. The van der Waals surface area contributed by atoms with Crippen LogP contribution < -0.4 is 4.74 Å². The van der Waals surface area contributed by atoms with Gasteiger partial charge in [-0.3, -0.25) is 0 Å². The van der Waals surface area contributed by atoms with Crippen LogP contribution in [0.2, 0.25) is 0 Å². The van der Waals surface area contributed by atoms with E-state index in [0.717, 1.165) is 32.1 Å². The molecule has 0 aliphatic carbocycles. The molecule has 222 valence electrons. The van der Waals surface area contributed by atoms with Crippen LogP contribution in [0.15, 0.2) is 94.1 Å². The molecule has 0 fully saturated rings. The van der Waals surface area contributed by atoms with Gasteiger partial charge in [0.05, 0.1) is 0 Å². The quantitative estimate of drug-likeness (QED) is 0.0544. The lowest BCUT2D eigenvalue weighted by molar-refractivity contribution is -0.216. The number of para-hydroxylation sites is 1. The number of carbonyl (C=O) groups excluding carboxylic acids is 4. The second kappa shape index (κ2) is 31.0. The molecule has 0 bridgehead atoms. The summed E-state index contributed by atoms with van der Waals surface area (Å²) in [7, 11) is 0. The van der Waals surface area contributed by atoms with Crippen molar-refractivity contribution < 1.29 is 33.4 Å². The molecule has 1 rings (SSSR count). The minimum Gasteiger partial charge on any atom is -0.453 e. The van der Waals surface area contributed by atoms with E-state index in [4.69, 9.17) is 14.2 Å². The second-order valence-corrected chi connectivity index (χ2v) is 7.62. The zero-order chi connectivity index (χ0) is 31.8. The molecule has 1 aromatic carbocycles. The van der Waals surface area contributed by atoms with Crippen molar-refractivity contribution in [2.75, 3.05) is 6.61 Å². The molecule has 0 radical (unpaired) electrons. The van der Waals surface area contributed by atoms with Gasteiger partial charge in [0.15, 0.2) is 6.61 Å². The van der Waals surface area contributed by atoms with Gasteiger partial charge in [0, 0.05) is 6.42 Å². The molecule has 0 aliphatic heterocycles. The Balaban J connectivity index is -0.000000739. The van der Waals surface area contributed by atoms with Gasteiger partial charge in [0.2, 0.25) is 0 Å². The Kier molecular flexibility index (Phi) is 33.3. The van der Waals surface area contributed by atoms with Crippen molar-refractivity contribution >= 4 is 23.8 Å². The number of hydrogen-bond acceptors (Lipinski definition) is 7. The van der Waals surface area contributed by atoms with Gasteiger partial charge < -0.3 is 14.2 Å². The topological polar surface area (TPSA) is 96.0 Å². The third-order valence-corrected chi connectivity index (χ3v) is 4.83. The van der Waals surface area contributed by atoms with E-state index in [2.05, 4.69) is 59.6 Å². The summed E-state index contributed by atoms with van der Waals surface area (Å²) in [5, 5.41) is 0. The molecule has 1 unspecified atom stereocenters. The van der Waals surface area contributed by atoms with Crippen LogP contribution in [-0.4, -0.2) is 36.2 Å². The number of esters is 2. The van der Waals surface area contributed by atoms with Gasteiger partial charge >= 0.3 is 11.9 Å². The summed E-state index contributed by atoms with van der Waals surface area (Å²) < 4.78 is 16.8. The number of hydrogen-bond donors (Lipinski definition) is 0. The lowest BCUT2D eigenvalue weighted by atomic mass is 10.0. The third-order valence-electron chi connectivity index (χ3n) is 4.83. The van der Waals surface area contributed by atoms with Crippen LogP contribution in [0.3, 0.4) is 0 Å². The van der Waals surface area contributed by atoms with Gasteiger partial charge in [0.1, 0.15) is 28.8 Å². The van der Waals surface area contributed by atoms with E-state index < -0.39 is 24.3 Å². The van der Waals surface area contributed by atoms with Crippen LogP contribution in [-0.2, 0) is 28.7 Å². The fourth-order valence-electron chi connectivity index (χ4n) is 2.92. The van der Waals surface area contributed by atoms with Crippen LogP contribution in [0, 0.1) is 0 Å². The zero-order valence-electron chi connectivity index (χ0n) is 24.8. The highest BCUT2D eigenvalue weighted by atomic mass is 16.7. The van der Waals surface area contributed by atoms with Gasteiger partial charge in [-0.15, -0.1) is 52.6 Å². The second-order valence-electron chi connectivity index (χ2n) is 7.62. The molecular weight excluding hydrogens is 508 g/mol. The van der Waals surface area contributed by atoms with Crippen LogP contribution in [0.25, 0.3) is 0 Å². The third kappa shape index (κ3) is 20.8. The van der Waals surface area contributed by atoms with Crippen molar-refractivity contribution in [1.82, 2.24) is 0 Å². The number of ether oxygens (including phenoxy) is 3. The minimum absolute atomic E-state index is 0.227. The number of carbonyl (C=O) groups is 2. The molecule has 7 heteroatoms. The Morgan fingerprint density at radius 3 is 1.65 bits per heavy atom. The summed E-state index contributed by atoms with van der Waals surface area (Å²) in [4.78, 5) is 46.1. The molecule has 7 nitrogen and oxygen atoms in total. The van der Waals surface area contributed by atoms with Crippen molar-refractivity contribution in [2.24, 2.45) is 0 Å². The molecule has 0 N–H and O–H groups in total. The van der Waals surface area contributed by atoms with E-state index in [1.165, 1.54) is 32.2 Å². The smallest absolute Gasteiger partial charge is 0.348 e. The van der Waals surface area contributed by atoms with Crippen molar-refractivity contribution in [3.05, 3.63) is 94.1 Å². The van der Waals surface area contributed by atoms with E-state index in [9.17, 15) is 19.2 Å². The largest absolute Gasteiger partial charge is 0.453 e. The summed E-state index contributed by atoms with van der Waals surface area (Å²) in [6.07, 6.45) is 7.35. The fourth-order valence-corrected chi connectivity index (χ4v) is 2.92. The monoisotopic (exact) mass is 556 g/mol. The molecule has 1 aromatic rings. The Labute approximate surface area is 241 Å². The molecule has 0 saturated heterocycles. The molecule has 40 heavy (non-hydrogen) atoms. The standard InChI is InChI=1S/C25H32O7.4C2H4/c1-4-5-6-7-8-9-13-16-25(32-24(29)21(3)18-27,19-30-23(28)20(2)17-26)31-22-14-11-10-12-15-22;4*1-2/h10-12,14-15H,4-9,13,16,19H2,1-3H3;4*1-2H2. The summed E-state index contributed by atoms with van der Waals surface area (Å²) >= 11 is 0. The minimum atomic E-state index is -1.67. The summed E-state index contributed by atoms with van der Waals surface area (Å²) in [6.45, 7) is 28.3. The highest BCUT2D eigenvalue weighted by Crippen LogP contribution is 2.27. The van der Waals surface area contributed by atoms with Crippen molar-refractivity contribution in [1.29, 1.82) is 0 Å². The first kappa shape index (κ1) is 42.9. The van der Waals surface area contributed by atoms with Crippen LogP contribution in [0.1, 0.15) is 72.1 Å². The van der Waals surface area contributed by atoms with E-state index in [-0.39, 0.29) is 17.6 Å². The number of benzene rings is 1. The highest BCUT2D eigenvalue weighted by molar-refractivity contribution is 5.96. The zero-order valence-corrected chi connectivity index (χ0v) is 24.8. The maximum absolute atomic E-state index is 12.4. The molecule has 0 saturated carbocycles. The molecule has 0 spiro atoms. The van der Waals surface area contributed by atoms with Crippen LogP contribution >= 0.6 is 0 Å². The SMILES string of the molecule is C=C.C=C.C=C.C=C.CCCCCCCCCC(COC(=O)C(C)=C=O)(OC(=O)C(C)=C=O)Oc1ccccc1. The van der Waals surface area contributed by atoms with Gasteiger partial charge in [0.25, 0.3) is 5.79 Å². The van der Waals surface area contributed by atoms with Gasteiger partial charge in [-0.1, -0.05) is 63.6 Å². The maximum atomic E-state index is 12.4. The number of rotatable bonds is 15. The van der Waals surface area contributed by atoms with Crippen LogP contribution in [0.4, 0.5) is 0 Å². The van der Waals surface area contributed by atoms with Crippen molar-refractivity contribution in [3.8, 4) is 5.75 Å². The lowest BCUT2D eigenvalue weighted by Crippen LogP contribution is -2.46. The summed E-state index contributed by atoms with van der Waals surface area (Å²) in [6, 6.07) is 8.64. The Morgan fingerprint density at radius 2 is 1.18 bits per heavy atom. The molecule has 1 atom stereocenters. The average molecular weight is 557 g/mol. The highest BCUT2D eigenvalue weighted by Gasteiger charge is 2.39. The molecular formula is C33H48O7. The molecule has 0 heterocycles. The maximum Gasteiger partial charge on any atom is 0.348 e. The van der Waals surface area contributed by atoms with Gasteiger partial charge in [-0.2, -0.15) is 0 Å². The Hall–Kier alpha value is -4.18. The van der Waals surface area contributed by atoms with E-state index in [1.807, 2.05) is 0 Å². The first-order valence-corrected chi connectivity index (χ1v) is 13.0. The Morgan fingerprint density at radius 1 is 0.725 bits per heavy atom. The summed E-state index contributed by atoms with van der Waals surface area (Å²) in [5.41, 5.74) is -0.509. The van der Waals surface area contributed by atoms with E-state index in [1.54, 1.807) is 30.3 Å². The van der Waals surface area contributed by atoms with E-state index in [0.29, 0.717) is 12.2 Å². The number of unbranched alkanes of at least 4 members (excludes halogenated alkanes) is 6. The molecule has 0 amide bonds. The predicted octanol–water partition coefficient (Wildman–Crippen LogP) is 7.75. The first-order valence-electron chi connectivity index (χ1n) is 13.0. The fraction of sp³-hybridized carbons (Fsp3) is 0.394. The molecule has 0 aromatic heterocycles. The van der Waals surface area contributed by atoms with Crippen molar-refractivity contribution in [2.45, 2.75) is 77.9 Å². The molecule has 0 aliphatic rings. The van der Waals surface area contributed by atoms with Crippen molar-refractivity contribution in [3.63, 3.8) is 0 Å². The average Bonchev–Trinajstić information content (AvgIpc) is 3.02. The summed E-state index contributed by atoms with van der Waals surface area (Å²) in [5.74, 6) is -0.0822. The van der Waals surface area contributed by atoms with E-state index >= 15 is 0 Å².